The van der Waals surface area contributed by atoms with Gasteiger partial charge in [-0.2, -0.15) is 0 Å². The molecule has 0 saturated heterocycles. The van der Waals surface area contributed by atoms with Gasteiger partial charge in [-0.05, 0) is 34.1 Å². The molecule has 0 saturated carbocycles. The summed E-state index contributed by atoms with van der Waals surface area (Å²) in [6.07, 6.45) is 0. The number of benzene rings is 1. The Kier molecular flexibility index (Phi) is 5.38. The largest absolute Gasteiger partial charge is 0.383 e. The summed E-state index contributed by atoms with van der Waals surface area (Å²) >= 11 is 12.9. The van der Waals surface area contributed by atoms with Crippen LogP contribution in [0.15, 0.2) is 27.1 Å². The lowest BCUT2D eigenvalue weighted by atomic mass is 10.2. The van der Waals surface area contributed by atoms with Crippen LogP contribution in [0.3, 0.4) is 0 Å². The van der Waals surface area contributed by atoms with Crippen LogP contribution in [0.25, 0.3) is 11.4 Å². The lowest BCUT2D eigenvalue weighted by Gasteiger charge is -2.10. The zero-order valence-electron chi connectivity index (χ0n) is 10.2. The molecular formula is C12H12Br2ClN3O. The summed E-state index contributed by atoms with van der Waals surface area (Å²) in [5.74, 6) is 1.85. The van der Waals surface area contributed by atoms with Crippen LogP contribution in [0.1, 0.15) is 5.82 Å². The molecule has 0 unspecified atom stereocenters. The van der Waals surface area contributed by atoms with Crippen LogP contribution >= 0.6 is 43.5 Å². The van der Waals surface area contributed by atoms with E-state index in [0.717, 1.165) is 26.2 Å². The van der Waals surface area contributed by atoms with Crippen molar-refractivity contribution in [3.8, 4) is 11.4 Å². The summed E-state index contributed by atoms with van der Waals surface area (Å²) in [5, 5.41) is 8.35. The lowest BCUT2D eigenvalue weighted by molar-refractivity contribution is 0.187. The zero-order chi connectivity index (χ0) is 13.8. The fraction of sp³-hybridized carbons (Fsp3) is 0.333. The third-order valence-electron chi connectivity index (χ3n) is 2.64. The molecule has 1 aromatic heterocycles. The summed E-state index contributed by atoms with van der Waals surface area (Å²) in [4.78, 5) is 0. The summed E-state index contributed by atoms with van der Waals surface area (Å²) in [6.45, 7) is 1.26. The van der Waals surface area contributed by atoms with E-state index in [4.69, 9.17) is 16.3 Å². The minimum absolute atomic E-state index is 0.324. The van der Waals surface area contributed by atoms with Gasteiger partial charge >= 0.3 is 0 Å². The predicted octanol–water partition coefficient (Wildman–Crippen LogP) is 3.86. The number of rotatable bonds is 5. The van der Waals surface area contributed by atoms with E-state index in [9.17, 15) is 0 Å². The van der Waals surface area contributed by atoms with E-state index in [1.165, 1.54) is 0 Å². The second kappa shape index (κ2) is 6.83. The van der Waals surface area contributed by atoms with Crippen molar-refractivity contribution < 1.29 is 4.74 Å². The van der Waals surface area contributed by atoms with Crippen LogP contribution in [0.2, 0.25) is 0 Å². The molecule has 0 amide bonds. The fourth-order valence-corrected chi connectivity index (χ4v) is 3.14. The SMILES string of the molecule is COCCn1c(CCl)nnc1-c1ccc(Br)cc1Br. The third kappa shape index (κ3) is 3.37. The molecule has 1 heterocycles. The van der Waals surface area contributed by atoms with Gasteiger partial charge in [0.1, 0.15) is 5.82 Å². The first-order chi connectivity index (χ1) is 9.17. The van der Waals surface area contributed by atoms with Crippen molar-refractivity contribution in [2.75, 3.05) is 13.7 Å². The van der Waals surface area contributed by atoms with E-state index in [1.54, 1.807) is 7.11 Å². The molecular weight excluding hydrogens is 397 g/mol. The molecule has 102 valence electrons. The fourth-order valence-electron chi connectivity index (χ4n) is 1.72. The number of hydrogen-bond acceptors (Lipinski definition) is 3. The maximum atomic E-state index is 5.89. The van der Waals surface area contributed by atoms with Gasteiger partial charge in [0, 0.05) is 28.2 Å². The summed E-state index contributed by atoms with van der Waals surface area (Å²) in [6, 6.07) is 5.93. The summed E-state index contributed by atoms with van der Waals surface area (Å²) in [5.41, 5.74) is 0.975. The van der Waals surface area contributed by atoms with E-state index in [2.05, 4.69) is 42.1 Å². The summed E-state index contributed by atoms with van der Waals surface area (Å²) < 4.78 is 9.05. The molecule has 0 atom stereocenters. The summed E-state index contributed by atoms with van der Waals surface area (Å²) in [7, 11) is 1.67. The Morgan fingerprint density at radius 2 is 2.11 bits per heavy atom. The number of ether oxygens (including phenoxy) is 1. The van der Waals surface area contributed by atoms with Crippen molar-refractivity contribution >= 4 is 43.5 Å². The topological polar surface area (TPSA) is 39.9 Å². The van der Waals surface area contributed by atoms with Crippen LogP contribution < -0.4 is 0 Å². The second-order valence-corrected chi connectivity index (χ2v) is 5.88. The quantitative estimate of drug-likeness (QED) is 0.704. The van der Waals surface area contributed by atoms with E-state index in [0.29, 0.717) is 19.0 Å². The van der Waals surface area contributed by atoms with E-state index in [-0.39, 0.29) is 0 Å². The highest BCUT2D eigenvalue weighted by Gasteiger charge is 2.15. The van der Waals surface area contributed by atoms with E-state index < -0.39 is 0 Å². The minimum Gasteiger partial charge on any atom is -0.383 e. The van der Waals surface area contributed by atoms with Crippen molar-refractivity contribution in [3.63, 3.8) is 0 Å². The molecule has 0 aliphatic heterocycles. The van der Waals surface area contributed by atoms with Crippen molar-refractivity contribution in [3.05, 3.63) is 33.0 Å². The standard InChI is InChI=1S/C12H12Br2ClN3O/c1-19-5-4-18-11(7-15)16-17-12(18)9-3-2-8(13)6-10(9)14/h2-3,6H,4-5,7H2,1H3. The lowest BCUT2D eigenvalue weighted by Crippen LogP contribution is -2.09. The Bertz CT molecular complexity index is 574. The van der Waals surface area contributed by atoms with E-state index >= 15 is 0 Å². The normalized spacial score (nSPS) is 10.9. The number of alkyl halides is 1. The highest BCUT2D eigenvalue weighted by Crippen LogP contribution is 2.30. The van der Waals surface area contributed by atoms with Crippen molar-refractivity contribution in [2.24, 2.45) is 0 Å². The number of nitrogens with zero attached hydrogens (tertiary/aromatic N) is 3. The predicted molar refractivity (Wildman–Crippen MR) is 82.3 cm³/mol. The molecule has 0 fully saturated rings. The highest BCUT2D eigenvalue weighted by atomic mass is 79.9. The van der Waals surface area contributed by atoms with Crippen LogP contribution in [0.5, 0.6) is 0 Å². The molecule has 0 bridgehead atoms. The first kappa shape index (κ1) is 15.0. The first-order valence-electron chi connectivity index (χ1n) is 5.59. The molecule has 0 radical (unpaired) electrons. The second-order valence-electron chi connectivity index (χ2n) is 3.84. The number of methoxy groups -OCH3 is 1. The monoisotopic (exact) mass is 407 g/mol. The first-order valence-corrected chi connectivity index (χ1v) is 7.71. The molecule has 0 spiro atoms. The van der Waals surface area contributed by atoms with Crippen LogP contribution in [0, 0.1) is 0 Å². The highest BCUT2D eigenvalue weighted by molar-refractivity contribution is 9.11. The van der Waals surface area contributed by atoms with Crippen LogP contribution in [-0.2, 0) is 17.2 Å². The maximum Gasteiger partial charge on any atom is 0.165 e. The molecule has 7 heteroatoms. The minimum atomic E-state index is 0.324. The van der Waals surface area contributed by atoms with Gasteiger partial charge in [0.05, 0.1) is 12.5 Å². The van der Waals surface area contributed by atoms with Gasteiger partial charge in [0.25, 0.3) is 0 Å². The van der Waals surface area contributed by atoms with Crippen LogP contribution in [0.4, 0.5) is 0 Å². The Labute approximate surface area is 133 Å². The third-order valence-corrected chi connectivity index (χ3v) is 4.03. The van der Waals surface area contributed by atoms with Gasteiger partial charge in [0.2, 0.25) is 0 Å². The van der Waals surface area contributed by atoms with Crippen molar-refractivity contribution in [2.45, 2.75) is 12.4 Å². The van der Waals surface area contributed by atoms with Gasteiger partial charge < -0.3 is 9.30 Å². The van der Waals surface area contributed by atoms with Gasteiger partial charge in [-0.1, -0.05) is 15.9 Å². The Morgan fingerprint density at radius 3 is 2.74 bits per heavy atom. The average molecular weight is 410 g/mol. The molecule has 0 N–H and O–H groups in total. The van der Waals surface area contributed by atoms with Crippen molar-refractivity contribution in [1.29, 1.82) is 0 Å². The Balaban J connectivity index is 2.46. The molecule has 1 aromatic carbocycles. The molecule has 2 aromatic rings. The van der Waals surface area contributed by atoms with E-state index in [1.807, 2.05) is 22.8 Å². The number of halogens is 3. The molecule has 4 nitrogen and oxygen atoms in total. The van der Waals surface area contributed by atoms with Gasteiger partial charge in [-0.3, -0.25) is 0 Å². The Hall–Kier alpha value is -0.430. The number of aromatic nitrogens is 3. The van der Waals surface area contributed by atoms with Gasteiger partial charge in [-0.15, -0.1) is 21.8 Å². The zero-order valence-corrected chi connectivity index (χ0v) is 14.2. The maximum absolute atomic E-state index is 5.89. The van der Waals surface area contributed by atoms with Crippen molar-refractivity contribution in [1.82, 2.24) is 14.8 Å². The molecule has 2 rings (SSSR count). The van der Waals surface area contributed by atoms with Gasteiger partial charge in [0.15, 0.2) is 5.82 Å². The Morgan fingerprint density at radius 1 is 1.32 bits per heavy atom. The average Bonchev–Trinajstić information content (AvgIpc) is 2.79. The molecule has 0 aliphatic carbocycles. The molecule has 0 aliphatic rings. The van der Waals surface area contributed by atoms with Crippen LogP contribution in [-0.4, -0.2) is 28.5 Å². The smallest absolute Gasteiger partial charge is 0.165 e. The van der Waals surface area contributed by atoms with Gasteiger partial charge in [-0.25, -0.2) is 0 Å². The molecule has 19 heavy (non-hydrogen) atoms. The number of hydrogen-bond donors (Lipinski definition) is 0.